The highest BCUT2D eigenvalue weighted by molar-refractivity contribution is 7.10. The molecule has 1 heterocycles. The summed E-state index contributed by atoms with van der Waals surface area (Å²) >= 11 is 1.77. The SMILES string of the molecule is C[C@@H]([NH2+][C@H](c1ccccc1)c1cccs1)C(=O)NC12CC3CC(CC(C3)C1)C2. The monoisotopic (exact) mass is 395 g/mol. The number of nitrogens with two attached hydrogens (primary N) is 1. The molecule has 0 aliphatic heterocycles. The van der Waals surface area contributed by atoms with E-state index >= 15 is 0 Å². The molecule has 2 atom stereocenters. The molecule has 0 spiro atoms. The molecule has 2 aromatic rings. The van der Waals surface area contributed by atoms with Gasteiger partial charge >= 0.3 is 0 Å². The lowest BCUT2D eigenvalue weighted by Gasteiger charge is -2.57. The summed E-state index contributed by atoms with van der Waals surface area (Å²) in [6, 6.07) is 14.9. The van der Waals surface area contributed by atoms with Crippen LogP contribution in [0.25, 0.3) is 0 Å². The van der Waals surface area contributed by atoms with E-state index in [0.29, 0.717) is 0 Å². The van der Waals surface area contributed by atoms with E-state index in [2.05, 4.69) is 65.4 Å². The molecule has 1 aromatic heterocycles. The van der Waals surface area contributed by atoms with Crippen LogP contribution in [0, 0.1) is 17.8 Å². The summed E-state index contributed by atoms with van der Waals surface area (Å²) in [4.78, 5) is 14.5. The van der Waals surface area contributed by atoms with Gasteiger partial charge in [-0.2, -0.15) is 0 Å². The quantitative estimate of drug-likeness (QED) is 0.766. The second-order valence-electron chi connectivity index (χ2n) is 9.57. The van der Waals surface area contributed by atoms with Crippen LogP contribution in [0.1, 0.15) is 61.9 Å². The van der Waals surface area contributed by atoms with Crippen LogP contribution in [0.5, 0.6) is 0 Å². The molecule has 1 amide bonds. The number of nitrogens with one attached hydrogen (secondary N) is 1. The molecular weight excluding hydrogens is 364 g/mol. The maximum Gasteiger partial charge on any atom is 0.278 e. The molecule has 4 bridgehead atoms. The summed E-state index contributed by atoms with van der Waals surface area (Å²) < 4.78 is 0. The first-order chi connectivity index (χ1) is 13.6. The van der Waals surface area contributed by atoms with Gasteiger partial charge in [-0.25, -0.2) is 0 Å². The highest BCUT2D eigenvalue weighted by atomic mass is 32.1. The number of carbonyl (C=O) groups is 1. The van der Waals surface area contributed by atoms with Gasteiger partial charge in [0, 0.05) is 11.1 Å². The molecular formula is C24H31N2OS+. The van der Waals surface area contributed by atoms with Crippen molar-refractivity contribution < 1.29 is 10.1 Å². The third-order valence-electron chi connectivity index (χ3n) is 7.33. The first-order valence-electron chi connectivity index (χ1n) is 10.9. The number of carbonyl (C=O) groups excluding carboxylic acids is 1. The second-order valence-corrected chi connectivity index (χ2v) is 10.6. The highest BCUT2D eigenvalue weighted by Gasteiger charge is 2.52. The number of hydrogen-bond acceptors (Lipinski definition) is 2. The molecule has 3 nitrogen and oxygen atoms in total. The van der Waals surface area contributed by atoms with E-state index in [1.807, 2.05) is 0 Å². The molecule has 3 N–H and O–H groups in total. The lowest BCUT2D eigenvalue weighted by atomic mass is 9.53. The van der Waals surface area contributed by atoms with Crippen LogP contribution in [-0.2, 0) is 4.79 Å². The van der Waals surface area contributed by atoms with E-state index < -0.39 is 0 Å². The van der Waals surface area contributed by atoms with Crippen molar-refractivity contribution in [3.8, 4) is 0 Å². The molecule has 0 radical (unpaired) electrons. The van der Waals surface area contributed by atoms with Crippen molar-refractivity contribution >= 4 is 17.2 Å². The van der Waals surface area contributed by atoms with E-state index in [-0.39, 0.29) is 23.5 Å². The minimum absolute atomic E-state index is 0.0963. The molecule has 0 saturated heterocycles. The highest BCUT2D eigenvalue weighted by Crippen LogP contribution is 2.55. The first kappa shape index (κ1) is 18.4. The van der Waals surface area contributed by atoms with Crippen LogP contribution in [-0.4, -0.2) is 17.5 Å². The Bertz CT molecular complexity index is 781. The predicted molar refractivity (Wildman–Crippen MR) is 113 cm³/mol. The van der Waals surface area contributed by atoms with Crippen molar-refractivity contribution in [2.24, 2.45) is 17.8 Å². The van der Waals surface area contributed by atoms with Crippen molar-refractivity contribution in [3.63, 3.8) is 0 Å². The number of rotatable bonds is 6. The first-order valence-corrected chi connectivity index (χ1v) is 11.7. The fraction of sp³-hybridized carbons (Fsp3) is 0.542. The number of benzene rings is 1. The van der Waals surface area contributed by atoms with E-state index in [1.54, 1.807) is 11.3 Å². The van der Waals surface area contributed by atoms with Gasteiger partial charge in [-0.1, -0.05) is 36.4 Å². The molecule has 4 heteroatoms. The number of amides is 1. The zero-order valence-corrected chi connectivity index (χ0v) is 17.5. The summed E-state index contributed by atoms with van der Waals surface area (Å²) in [6.07, 6.45) is 7.86. The van der Waals surface area contributed by atoms with E-state index in [1.165, 1.54) is 49.0 Å². The van der Waals surface area contributed by atoms with Crippen molar-refractivity contribution in [1.82, 2.24) is 5.32 Å². The molecule has 4 saturated carbocycles. The van der Waals surface area contributed by atoms with Crippen molar-refractivity contribution in [2.75, 3.05) is 0 Å². The van der Waals surface area contributed by atoms with Crippen LogP contribution in [0.4, 0.5) is 0 Å². The molecule has 28 heavy (non-hydrogen) atoms. The van der Waals surface area contributed by atoms with E-state index in [0.717, 1.165) is 17.8 Å². The molecule has 0 unspecified atom stereocenters. The van der Waals surface area contributed by atoms with Gasteiger partial charge in [0.25, 0.3) is 5.91 Å². The molecule has 4 fully saturated rings. The van der Waals surface area contributed by atoms with Crippen LogP contribution in [0.15, 0.2) is 47.8 Å². The average Bonchev–Trinajstić information content (AvgIpc) is 3.19. The Morgan fingerprint density at radius 1 is 1.04 bits per heavy atom. The normalized spacial score (nSPS) is 32.8. The van der Waals surface area contributed by atoms with Gasteiger partial charge in [-0.05, 0) is 74.6 Å². The van der Waals surface area contributed by atoms with Gasteiger partial charge < -0.3 is 10.6 Å². The zero-order chi connectivity index (χ0) is 19.1. The van der Waals surface area contributed by atoms with Gasteiger partial charge in [-0.3, -0.25) is 4.79 Å². The minimum atomic E-state index is -0.0969. The molecule has 4 aliphatic rings. The fourth-order valence-corrected chi connectivity index (χ4v) is 7.35. The van der Waals surface area contributed by atoms with Gasteiger partial charge in [0.15, 0.2) is 6.04 Å². The predicted octanol–water partition coefficient (Wildman–Crippen LogP) is 3.87. The van der Waals surface area contributed by atoms with Crippen molar-refractivity contribution in [2.45, 2.75) is 63.1 Å². The Morgan fingerprint density at radius 3 is 2.25 bits per heavy atom. The molecule has 6 rings (SSSR count). The van der Waals surface area contributed by atoms with Crippen LogP contribution in [0.3, 0.4) is 0 Å². The largest absolute Gasteiger partial charge is 0.345 e. The molecule has 1 aromatic carbocycles. The Labute approximate surface area is 171 Å². The number of hydrogen-bond donors (Lipinski definition) is 2. The Morgan fingerprint density at radius 2 is 1.68 bits per heavy atom. The standard InChI is InChI=1S/C24H30N2OS/c1-16(25-22(21-8-5-9-28-21)20-6-3-2-4-7-20)23(27)26-24-13-17-10-18(14-24)12-19(11-17)15-24/h2-9,16-19,22,25H,10-15H2,1H3,(H,26,27)/p+1/t16-,17?,18?,19?,22-,24?/m1/s1. The zero-order valence-electron chi connectivity index (χ0n) is 16.6. The van der Waals surface area contributed by atoms with Crippen LogP contribution < -0.4 is 10.6 Å². The maximum absolute atomic E-state index is 13.2. The topological polar surface area (TPSA) is 45.7 Å². The lowest BCUT2D eigenvalue weighted by Crippen LogP contribution is -2.93. The van der Waals surface area contributed by atoms with Crippen molar-refractivity contribution in [3.05, 3.63) is 58.3 Å². The van der Waals surface area contributed by atoms with Gasteiger partial charge in [0.1, 0.15) is 6.04 Å². The van der Waals surface area contributed by atoms with Crippen LogP contribution in [0.2, 0.25) is 0 Å². The van der Waals surface area contributed by atoms with Gasteiger partial charge in [0.05, 0.1) is 4.88 Å². The Kier molecular flexibility index (Phi) is 4.80. The Hall–Kier alpha value is -1.65. The molecule has 4 aliphatic carbocycles. The average molecular weight is 396 g/mol. The third-order valence-corrected chi connectivity index (χ3v) is 8.29. The van der Waals surface area contributed by atoms with Crippen LogP contribution >= 0.6 is 11.3 Å². The van der Waals surface area contributed by atoms with Gasteiger partial charge in [-0.15, -0.1) is 11.3 Å². The number of quaternary nitrogens is 1. The maximum atomic E-state index is 13.2. The second kappa shape index (κ2) is 7.31. The van der Waals surface area contributed by atoms with Crippen molar-refractivity contribution in [1.29, 1.82) is 0 Å². The summed E-state index contributed by atoms with van der Waals surface area (Å²) in [5, 5.41) is 7.93. The summed E-state index contributed by atoms with van der Waals surface area (Å²) in [5.74, 6) is 2.79. The molecule has 148 valence electrons. The summed E-state index contributed by atoms with van der Waals surface area (Å²) in [5.41, 5.74) is 1.36. The number of thiophene rings is 1. The summed E-state index contributed by atoms with van der Waals surface area (Å²) in [7, 11) is 0. The summed E-state index contributed by atoms with van der Waals surface area (Å²) in [6.45, 7) is 2.07. The van der Waals surface area contributed by atoms with Gasteiger partial charge in [0.2, 0.25) is 0 Å². The van der Waals surface area contributed by atoms with E-state index in [4.69, 9.17) is 0 Å². The van der Waals surface area contributed by atoms with E-state index in [9.17, 15) is 4.79 Å². The third kappa shape index (κ3) is 3.53. The smallest absolute Gasteiger partial charge is 0.278 e. The lowest BCUT2D eigenvalue weighted by molar-refractivity contribution is -0.704. The Balaban J connectivity index is 1.30. The fourth-order valence-electron chi connectivity index (χ4n) is 6.51. The minimum Gasteiger partial charge on any atom is -0.345 e.